The van der Waals surface area contributed by atoms with E-state index < -0.39 is 0 Å². The van der Waals surface area contributed by atoms with Crippen molar-refractivity contribution in [3.05, 3.63) is 0 Å². The van der Waals surface area contributed by atoms with Gasteiger partial charge >= 0.3 is 0 Å². The maximum Gasteiger partial charge on any atom is -0.0326 e. The molecule has 0 bridgehead atoms. The van der Waals surface area contributed by atoms with Gasteiger partial charge in [-0.25, -0.2) is 0 Å². The van der Waals surface area contributed by atoms with Gasteiger partial charge in [-0.05, 0) is 60.7 Å². The Hall–Kier alpha value is 0. The van der Waals surface area contributed by atoms with Crippen molar-refractivity contribution >= 4 is 0 Å². The summed E-state index contributed by atoms with van der Waals surface area (Å²) in [6.07, 6.45) is 7.41. The standard InChI is InChI=1S/C15H28/c1-11-8-12-6-7-14(2,3)9-13(12)10-15(11,4)5/h11-13H,6-10H2,1-5H3. The van der Waals surface area contributed by atoms with Gasteiger partial charge in [0.2, 0.25) is 0 Å². The molecule has 3 unspecified atom stereocenters. The first kappa shape index (κ1) is 11.5. The fourth-order valence-electron chi connectivity index (χ4n) is 3.99. The molecule has 2 saturated carbocycles. The predicted molar refractivity (Wildman–Crippen MR) is 66.8 cm³/mol. The molecule has 0 aliphatic heterocycles. The molecule has 88 valence electrons. The van der Waals surface area contributed by atoms with E-state index in [1.54, 1.807) is 0 Å². The van der Waals surface area contributed by atoms with Crippen LogP contribution in [-0.4, -0.2) is 0 Å². The van der Waals surface area contributed by atoms with E-state index in [0.717, 1.165) is 17.8 Å². The van der Waals surface area contributed by atoms with Crippen molar-refractivity contribution in [2.75, 3.05) is 0 Å². The lowest BCUT2D eigenvalue weighted by Gasteiger charge is -2.51. The minimum atomic E-state index is 0.592. The lowest BCUT2D eigenvalue weighted by atomic mass is 9.55. The molecule has 2 aliphatic rings. The van der Waals surface area contributed by atoms with E-state index in [0.29, 0.717) is 10.8 Å². The number of fused-ring (bicyclic) bond motifs is 1. The average Bonchev–Trinajstić information content (AvgIpc) is 2.06. The largest absolute Gasteiger partial charge is 0.0620 e. The van der Waals surface area contributed by atoms with Gasteiger partial charge in [0.15, 0.2) is 0 Å². The van der Waals surface area contributed by atoms with Crippen LogP contribution in [0, 0.1) is 28.6 Å². The van der Waals surface area contributed by atoms with E-state index in [1.807, 2.05) is 0 Å². The van der Waals surface area contributed by atoms with Gasteiger partial charge in [-0.2, -0.15) is 0 Å². The number of hydrogen-bond acceptors (Lipinski definition) is 0. The van der Waals surface area contributed by atoms with Crippen LogP contribution in [0.2, 0.25) is 0 Å². The third kappa shape index (κ3) is 2.24. The summed E-state index contributed by atoms with van der Waals surface area (Å²) >= 11 is 0. The van der Waals surface area contributed by atoms with Crippen LogP contribution >= 0.6 is 0 Å². The zero-order valence-corrected chi connectivity index (χ0v) is 11.3. The minimum absolute atomic E-state index is 0.592. The highest BCUT2D eigenvalue weighted by atomic mass is 14.5. The average molecular weight is 208 g/mol. The van der Waals surface area contributed by atoms with E-state index in [4.69, 9.17) is 0 Å². The highest BCUT2D eigenvalue weighted by Crippen LogP contribution is 2.54. The highest BCUT2D eigenvalue weighted by molar-refractivity contribution is 4.94. The molecular weight excluding hydrogens is 180 g/mol. The predicted octanol–water partition coefficient (Wildman–Crippen LogP) is 4.89. The zero-order valence-electron chi connectivity index (χ0n) is 11.3. The molecule has 0 radical (unpaired) electrons. The van der Waals surface area contributed by atoms with Crippen LogP contribution in [0.25, 0.3) is 0 Å². The molecule has 0 spiro atoms. The van der Waals surface area contributed by atoms with Crippen LogP contribution in [0.3, 0.4) is 0 Å². The van der Waals surface area contributed by atoms with Gasteiger partial charge < -0.3 is 0 Å². The molecule has 3 atom stereocenters. The molecule has 0 amide bonds. The van der Waals surface area contributed by atoms with Crippen LogP contribution in [0.5, 0.6) is 0 Å². The lowest BCUT2D eigenvalue weighted by Crippen LogP contribution is -2.41. The summed E-state index contributed by atoms with van der Waals surface area (Å²) < 4.78 is 0. The molecule has 2 aliphatic carbocycles. The van der Waals surface area contributed by atoms with Crippen molar-refractivity contribution in [1.82, 2.24) is 0 Å². The summed E-state index contributed by atoms with van der Waals surface area (Å²) in [6, 6.07) is 0. The van der Waals surface area contributed by atoms with Crippen molar-refractivity contribution in [3.8, 4) is 0 Å². The van der Waals surface area contributed by atoms with Crippen LogP contribution in [0.4, 0.5) is 0 Å². The summed E-state index contributed by atoms with van der Waals surface area (Å²) in [5.74, 6) is 3.01. The smallest absolute Gasteiger partial charge is 0.0326 e. The van der Waals surface area contributed by atoms with Crippen LogP contribution in [-0.2, 0) is 0 Å². The first-order valence-corrected chi connectivity index (χ1v) is 6.80. The zero-order chi connectivity index (χ0) is 11.3. The Morgan fingerprint density at radius 3 is 2.27 bits per heavy atom. The SMILES string of the molecule is CC1CC2CCC(C)(C)CC2CC1(C)C. The summed E-state index contributed by atoms with van der Waals surface area (Å²) in [7, 11) is 0. The van der Waals surface area contributed by atoms with Gasteiger partial charge in [-0.15, -0.1) is 0 Å². The Morgan fingerprint density at radius 1 is 0.933 bits per heavy atom. The van der Waals surface area contributed by atoms with Gasteiger partial charge in [0, 0.05) is 0 Å². The van der Waals surface area contributed by atoms with Gasteiger partial charge in [-0.3, -0.25) is 0 Å². The maximum atomic E-state index is 2.48. The van der Waals surface area contributed by atoms with E-state index in [1.165, 1.54) is 32.1 Å². The van der Waals surface area contributed by atoms with Gasteiger partial charge in [0.25, 0.3) is 0 Å². The second-order valence-corrected chi connectivity index (χ2v) is 7.76. The van der Waals surface area contributed by atoms with Crippen molar-refractivity contribution in [3.63, 3.8) is 0 Å². The summed E-state index contributed by atoms with van der Waals surface area (Å²) in [6.45, 7) is 12.4. The molecule has 0 aromatic rings. The fraction of sp³-hybridized carbons (Fsp3) is 1.00. The molecule has 0 heterocycles. The molecular formula is C15H28. The van der Waals surface area contributed by atoms with Crippen molar-refractivity contribution < 1.29 is 0 Å². The quantitative estimate of drug-likeness (QED) is 0.532. The van der Waals surface area contributed by atoms with Gasteiger partial charge in [0.1, 0.15) is 0 Å². The molecule has 2 fully saturated rings. The summed E-state index contributed by atoms with van der Waals surface area (Å²) in [5.41, 5.74) is 1.21. The molecule has 15 heavy (non-hydrogen) atoms. The lowest BCUT2D eigenvalue weighted by molar-refractivity contribution is -0.00301. The first-order valence-electron chi connectivity index (χ1n) is 6.80. The minimum Gasteiger partial charge on any atom is -0.0620 e. The highest BCUT2D eigenvalue weighted by Gasteiger charge is 2.43. The normalized spacial score (nSPS) is 43.4. The van der Waals surface area contributed by atoms with Crippen LogP contribution in [0.15, 0.2) is 0 Å². The Bertz CT molecular complexity index is 236. The Morgan fingerprint density at radius 2 is 1.60 bits per heavy atom. The fourth-order valence-corrected chi connectivity index (χ4v) is 3.99. The molecule has 2 rings (SSSR count). The maximum absolute atomic E-state index is 2.48. The number of rotatable bonds is 0. The Labute approximate surface area is 95.8 Å². The molecule has 0 heteroatoms. The van der Waals surface area contributed by atoms with Crippen LogP contribution in [0.1, 0.15) is 66.7 Å². The van der Waals surface area contributed by atoms with Gasteiger partial charge in [-0.1, -0.05) is 34.6 Å². The van der Waals surface area contributed by atoms with E-state index in [9.17, 15) is 0 Å². The van der Waals surface area contributed by atoms with Crippen molar-refractivity contribution in [2.24, 2.45) is 28.6 Å². The Balaban J connectivity index is 2.09. The third-order valence-electron chi connectivity index (χ3n) is 5.45. The molecule has 0 aromatic heterocycles. The molecule has 0 nitrogen and oxygen atoms in total. The number of hydrogen-bond donors (Lipinski definition) is 0. The van der Waals surface area contributed by atoms with Crippen LogP contribution < -0.4 is 0 Å². The van der Waals surface area contributed by atoms with Crippen molar-refractivity contribution in [2.45, 2.75) is 66.7 Å². The monoisotopic (exact) mass is 208 g/mol. The molecule has 0 saturated heterocycles. The third-order valence-corrected chi connectivity index (χ3v) is 5.45. The first-order chi connectivity index (χ1) is 6.80. The van der Waals surface area contributed by atoms with Gasteiger partial charge in [0.05, 0.1) is 0 Å². The van der Waals surface area contributed by atoms with E-state index >= 15 is 0 Å². The molecule has 0 N–H and O–H groups in total. The summed E-state index contributed by atoms with van der Waals surface area (Å²) in [5, 5.41) is 0. The second-order valence-electron chi connectivity index (χ2n) is 7.76. The van der Waals surface area contributed by atoms with Crippen molar-refractivity contribution in [1.29, 1.82) is 0 Å². The molecule has 0 aromatic carbocycles. The summed E-state index contributed by atoms with van der Waals surface area (Å²) in [4.78, 5) is 0. The second kappa shape index (κ2) is 3.50. The Kier molecular flexibility index (Phi) is 2.68. The van der Waals surface area contributed by atoms with E-state index in [-0.39, 0.29) is 0 Å². The van der Waals surface area contributed by atoms with E-state index in [2.05, 4.69) is 34.6 Å². The topological polar surface area (TPSA) is 0 Å².